The molecule has 0 aliphatic rings. The first kappa shape index (κ1) is 17.9. The minimum Gasteiger partial charge on any atom is -0.355 e. The van der Waals surface area contributed by atoms with Gasteiger partial charge in [-0.25, -0.2) is 0 Å². The number of hydrogen-bond donors (Lipinski definition) is 1. The summed E-state index contributed by atoms with van der Waals surface area (Å²) in [4.78, 5) is 12.0. The Bertz CT molecular complexity index is 491. The van der Waals surface area contributed by atoms with Gasteiger partial charge < -0.3 is 5.32 Å². The number of amides is 1. The molecule has 1 aromatic rings. The Labute approximate surface area is 131 Å². The molecule has 3 nitrogen and oxygen atoms in total. The van der Waals surface area contributed by atoms with Crippen molar-refractivity contribution in [1.29, 1.82) is 0 Å². The Hall–Kier alpha value is -1.16. The predicted molar refractivity (Wildman–Crippen MR) is 89.7 cm³/mol. The van der Waals surface area contributed by atoms with Crippen molar-refractivity contribution in [3.63, 3.8) is 0 Å². The molecule has 0 spiro atoms. The number of benzene rings is 1. The molecule has 0 radical (unpaired) electrons. The third-order valence-corrected chi connectivity index (χ3v) is 5.00. The number of carbonyl (C=O) groups is 1. The van der Waals surface area contributed by atoms with Gasteiger partial charge in [0.05, 0.1) is 0 Å². The molecule has 118 valence electrons. The van der Waals surface area contributed by atoms with Crippen molar-refractivity contribution in [2.24, 2.45) is 5.92 Å². The normalized spacial score (nSPS) is 14.0. The van der Waals surface area contributed by atoms with Crippen molar-refractivity contribution in [1.82, 2.24) is 5.32 Å². The van der Waals surface area contributed by atoms with E-state index in [1.807, 2.05) is 26.0 Å². The van der Waals surface area contributed by atoms with Gasteiger partial charge in [0, 0.05) is 23.1 Å². The van der Waals surface area contributed by atoms with Crippen LogP contribution in [0.3, 0.4) is 0 Å². The zero-order valence-electron chi connectivity index (χ0n) is 13.7. The van der Waals surface area contributed by atoms with Crippen molar-refractivity contribution in [3.05, 3.63) is 34.9 Å². The second-order valence-corrected chi connectivity index (χ2v) is 7.89. The third-order valence-electron chi connectivity index (χ3n) is 3.37. The molecule has 0 heterocycles. The molecule has 0 saturated carbocycles. The second kappa shape index (κ2) is 8.32. The van der Waals surface area contributed by atoms with Crippen LogP contribution in [0.1, 0.15) is 43.9 Å². The van der Waals surface area contributed by atoms with E-state index in [-0.39, 0.29) is 5.91 Å². The van der Waals surface area contributed by atoms with Crippen molar-refractivity contribution in [3.8, 4) is 0 Å². The lowest BCUT2D eigenvalue weighted by atomic mass is 10.1. The van der Waals surface area contributed by atoms with Gasteiger partial charge in [0.25, 0.3) is 0 Å². The first-order valence-electron chi connectivity index (χ1n) is 7.51. The number of hydrogen-bond acceptors (Lipinski definition) is 2. The highest BCUT2D eigenvalue weighted by Gasteiger charge is 2.20. The molecule has 2 unspecified atom stereocenters. The van der Waals surface area contributed by atoms with Crippen LogP contribution in [0.5, 0.6) is 0 Å². The van der Waals surface area contributed by atoms with Crippen LogP contribution in [-0.2, 0) is 21.3 Å². The van der Waals surface area contributed by atoms with Gasteiger partial charge in [0.1, 0.15) is 5.25 Å². The minimum atomic E-state index is -1.19. The summed E-state index contributed by atoms with van der Waals surface area (Å²) in [6.07, 6.45) is 0.947. The molecule has 0 saturated heterocycles. The van der Waals surface area contributed by atoms with Gasteiger partial charge in [-0.2, -0.15) is 0 Å². The summed E-state index contributed by atoms with van der Waals surface area (Å²) in [6.45, 7) is 10.7. The lowest BCUT2D eigenvalue weighted by Crippen LogP contribution is -2.36. The van der Waals surface area contributed by atoms with E-state index in [4.69, 9.17) is 0 Å². The predicted octanol–water partition coefficient (Wildman–Crippen LogP) is 3.10. The Morgan fingerprint density at radius 2 is 1.71 bits per heavy atom. The average Bonchev–Trinajstić information content (AvgIpc) is 2.35. The van der Waals surface area contributed by atoms with Gasteiger partial charge in [-0.3, -0.25) is 9.00 Å². The van der Waals surface area contributed by atoms with Crippen molar-refractivity contribution in [2.75, 3.05) is 6.54 Å². The molecule has 21 heavy (non-hydrogen) atoms. The van der Waals surface area contributed by atoms with Gasteiger partial charge in [-0.15, -0.1) is 0 Å². The Morgan fingerprint density at radius 1 is 1.14 bits per heavy atom. The number of nitrogens with one attached hydrogen (secondary N) is 1. The largest absolute Gasteiger partial charge is 0.355 e. The third kappa shape index (κ3) is 6.42. The molecular weight excluding hydrogens is 282 g/mol. The molecule has 0 aliphatic heterocycles. The summed E-state index contributed by atoms with van der Waals surface area (Å²) in [5.74, 6) is 0.876. The standard InChI is InChI=1S/C17H27NO2S/c1-12(2)6-7-18-17(19)15(5)21(20)11-16-9-13(3)8-14(4)10-16/h8-10,12,15H,6-7,11H2,1-5H3,(H,18,19). The first-order valence-corrected chi connectivity index (χ1v) is 8.90. The summed E-state index contributed by atoms with van der Waals surface area (Å²) in [5, 5.41) is 2.40. The van der Waals surface area contributed by atoms with Crippen molar-refractivity contribution < 1.29 is 9.00 Å². The fraction of sp³-hybridized carbons (Fsp3) is 0.588. The lowest BCUT2D eigenvalue weighted by Gasteiger charge is -2.13. The van der Waals surface area contributed by atoms with E-state index < -0.39 is 16.0 Å². The smallest absolute Gasteiger partial charge is 0.235 e. The SMILES string of the molecule is Cc1cc(C)cc(CS(=O)C(C)C(=O)NCCC(C)C)c1. The summed E-state index contributed by atoms with van der Waals surface area (Å²) >= 11 is 0. The van der Waals surface area contributed by atoms with Crippen LogP contribution in [-0.4, -0.2) is 21.9 Å². The van der Waals surface area contributed by atoms with Crippen LogP contribution in [0.15, 0.2) is 18.2 Å². The fourth-order valence-corrected chi connectivity index (χ4v) is 3.26. The quantitative estimate of drug-likeness (QED) is 0.841. The molecule has 2 atom stereocenters. The molecule has 1 amide bonds. The highest BCUT2D eigenvalue weighted by Crippen LogP contribution is 2.13. The van der Waals surface area contributed by atoms with Crippen LogP contribution < -0.4 is 5.32 Å². The molecule has 4 heteroatoms. The maximum atomic E-state index is 12.3. The van der Waals surface area contributed by atoms with Gasteiger partial charge in [-0.05, 0) is 38.7 Å². The minimum absolute atomic E-state index is 0.113. The molecule has 1 aromatic carbocycles. The van der Waals surface area contributed by atoms with E-state index in [0.717, 1.165) is 23.1 Å². The lowest BCUT2D eigenvalue weighted by molar-refractivity contribution is -0.120. The molecule has 0 bridgehead atoms. The zero-order chi connectivity index (χ0) is 16.0. The van der Waals surface area contributed by atoms with Gasteiger partial charge >= 0.3 is 0 Å². The van der Waals surface area contributed by atoms with Crippen LogP contribution in [0, 0.1) is 19.8 Å². The molecule has 0 aliphatic carbocycles. The van der Waals surface area contributed by atoms with Gasteiger partial charge in [0.15, 0.2) is 0 Å². The fourth-order valence-electron chi connectivity index (χ4n) is 2.19. The Balaban J connectivity index is 2.55. The van der Waals surface area contributed by atoms with E-state index in [0.29, 0.717) is 18.2 Å². The first-order chi connectivity index (χ1) is 9.79. The highest BCUT2D eigenvalue weighted by atomic mass is 32.2. The van der Waals surface area contributed by atoms with Crippen molar-refractivity contribution >= 4 is 16.7 Å². The molecule has 0 fully saturated rings. The van der Waals surface area contributed by atoms with Crippen LogP contribution in [0.4, 0.5) is 0 Å². The van der Waals surface area contributed by atoms with E-state index in [1.165, 1.54) is 0 Å². The summed E-state index contributed by atoms with van der Waals surface area (Å²) in [6, 6.07) is 6.16. The number of rotatable bonds is 7. The van der Waals surface area contributed by atoms with Gasteiger partial charge in [-0.1, -0.05) is 43.2 Å². The number of aryl methyl sites for hydroxylation is 2. The summed E-state index contributed by atoms with van der Waals surface area (Å²) in [5.41, 5.74) is 3.36. The average molecular weight is 309 g/mol. The molecule has 1 rings (SSSR count). The van der Waals surface area contributed by atoms with Crippen LogP contribution in [0.25, 0.3) is 0 Å². The van der Waals surface area contributed by atoms with E-state index >= 15 is 0 Å². The topological polar surface area (TPSA) is 46.2 Å². The monoisotopic (exact) mass is 309 g/mol. The molecular formula is C17H27NO2S. The van der Waals surface area contributed by atoms with E-state index in [9.17, 15) is 9.00 Å². The van der Waals surface area contributed by atoms with Crippen LogP contribution >= 0.6 is 0 Å². The Kier molecular flexibility index (Phi) is 7.09. The van der Waals surface area contributed by atoms with E-state index in [2.05, 4.69) is 25.2 Å². The van der Waals surface area contributed by atoms with E-state index in [1.54, 1.807) is 6.92 Å². The molecule has 0 aromatic heterocycles. The second-order valence-electron chi connectivity index (χ2n) is 6.14. The molecule has 1 N–H and O–H groups in total. The summed E-state index contributed by atoms with van der Waals surface area (Å²) in [7, 11) is -1.19. The number of carbonyl (C=O) groups excluding carboxylic acids is 1. The maximum Gasteiger partial charge on any atom is 0.235 e. The zero-order valence-corrected chi connectivity index (χ0v) is 14.5. The van der Waals surface area contributed by atoms with Crippen molar-refractivity contribution in [2.45, 2.75) is 52.0 Å². The van der Waals surface area contributed by atoms with Gasteiger partial charge in [0.2, 0.25) is 5.91 Å². The maximum absolute atomic E-state index is 12.3. The van der Waals surface area contributed by atoms with Crippen LogP contribution in [0.2, 0.25) is 0 Å². The Morgan fingerprint density at radius 3 is 2.24 bits per heavy atom. The summed E-state index contributed by atoms with van der Waals surface area (Å²) < 4.78 is 12.3. The highest BCUT2D eigenvalue weighted by molar-refractivity contribution is 7.85.